The summed E-state index contributed by atoms with van der Waals surface area (Å²) in [5.41, 5.74) is 0.505. The first-order chi connectivity index (χ1) is 10.3. The number of rotatable bonds is 6. The zero-order valence-electron chi connectivity index (χ0n) is 12.2. The SMILES string of the molecule is N#Cc1ccccc1OCC(O)CNC1CC2CCC1C2. The molecule has 0 saturated heterocycles. The second-order valence-electron chi connectivity index (χ2n) is 6.26. The number of para-hydroxylation sites is 1. The molecule has 0 radical (unpaired) electrons. The second-order valence-corrected chi connectivity index (χ2v) is 6.26. The first kappa shape index (κ1) is 14.4. The molecule has 21 heavy (non-hydrogen) atoms. The van der Waals surface area contributed by atoms with E-state index in [4.69, 9.17) is 10.00 Å². The number of benzene rings is 1. The highest BCUT2D eigenvalue weighted by Gasteiger charge is 2.39. The highest BCUT2D eigenvalue weighted by atomic mass is 16.5. The molecule has 2 saturated carbocycles. The first-order valence-corrected chi connectivity index (χ1v) is 7.79. The third kappa shape index (κ3) is 3.37. The molecule has 112 valence electrons. The number of ether oxygens (including phenoxy) is 1. The lowest BCUT2D eigenvalue weighted by molar-refractivity contribution is 0.101. The minimum Gasteiger partial charge on any atom is -0.489 e. The van der Waals surface area contributed by atoms with Gasteiger partial charge in [0, 0.05) is 12.6 Å². The topological polar surface area (TPSA) is 65.3 Å². The van der Waals surface area contributed by atoms with E-state index in [0.29, 0.717) is 23.9 Å². The Kier molecular flexibility index (Phi) is 4.42. The molecule has 0 aliphatic heterocycles. The summed E-state index contributed by atoms with van der Waals surface area (Å²) in [6.45, 7) is 0.773. The molecule has 0 spiro atoms. The smallest absolute Gasteiger partial charge is 0.137 e. The first-order valence-electron chi connectivity index (χ1n) is 7.79. The molecule has 0 heterocycles. The van der Waals surface area contributed by atoms with Gasteiger partial charge in [-0.2, -0.15) is 5.26 Å². The van der Waals surface area contributed by atoms with E-state index >= 15 is 0 Å². The van der Waals surface area contributed by atoms with E-state index in [1.165, 1.54) is 25.7 Å². The van der Waals surface area contributed by atoms with E-state index in [-0.39, 0.29) is 6.61 Å². The molecule has 1 aromatic rings. The maximum absolute atomic E-state index is 10.0. The van der Waals surface area contributed by atoms with E-state index in [1.54, 1.807) is 18.2 Å². The van der Waals surface area contributed by atoms with E-state index in [2.05, 4.69) is 11.4 Å². The summed E-state index contributed by atoms with van der Waals surface area (Å²) in [5.74, 6) is 2.25. The van der Waals surface area contributed by atoms with Gasteiger partial charge < -0.3 is 15.2 Å². The maximum Gasteiger partial charge on any atom is 0.137 e. The Morgan fingerprint density at radius 1 is 1.33 bits per heavy atom. The average molecular weight is 286 g/mol. The Morgan fingerprint density at radius 2 is 2.19 bits per heavy atom. The fraction of sp³-hybridized carbons (Fsp3) is 0.588. The Balaban J connectivity index is 1.42. The Morgan fingerprint density at radius 3 is 2.90 bits per heavy atom. The van der Waals surface area contributed by atoms with Crippen molar-refractivity contribution in [3.63, 3.8) is 0 Å². The highest BCUT2D eigenvalue weighted by Crippen LogP contribution is 2.44. The molecule has 2 fully saturated rings. The van der Waals surface area contributed by atoms with Crippen molar-refractivity contribution in [2.45, 2.75) is 37.8 Å². The number of fused-ring (bicyclic) bond motifs is 2. The molecule has 4 heteroatoms. The fourth-order valence-electron chi connectivity index (χ4n) is 3.71. The van der Waals surface area contributed by atoms with Crippen LogP contribution in [0.3, 0.4) is 0 Å². The van der Waals surface area contributed by atoms with Crippen LogP contribution in [0.15, 0.2) is 24.3 Å². The van der Waals surface area contributed by atoms with E-state index < -0.39 is 6.10 Å². The Bertz CT molecular complexity index is 526. The van der Waals surface area contributed by atoms with Gasteiger partial charge in [-0.25, -0.2) is 0 Å². The van der Waals surface area contributed by atoms with E-state index in [1.807, 2.05) is 6.07 Å². The largest absolute Gasteiger partial charge is 0.489 e. The third-order valence-electron chi connectivity index (χ3n) is 4.79. The number of hydrogen-bond acceptors (Lipinski definition) is 4. The molecule has 4 atom stereocenters. The van der Waals surface area contributed by atoms with Gasteiger partial charge in [-0.1, -0.05) is 18.6 Å². The summed E-state index contributed by atoms with van der Waals surface area (Å²) < 4.78 is 5.55. The lowest BCUT2D eigenvalue weighted by Crippen LogP contribution is -2.40. The van der Waals surface area contributed by atoms with Crippen LogP contribution in [0.5, 0.6) is 5.75 Å². The van der Waals surface area contributed by atoms with Crippen LogP contribution in [0.4, 0.5) is 0 Å². The molecule has 0 aromatic heterocycles. The summed E-state index contributed by atoms with van der Waals surface area (Å²) in [6, 6.07) is 9.78. The van der Waals surface area contributed by atoms with Gasteiger partial charge in [-0.15, -0.1) is 0 Å². The minimum absolute atomic E-state index is 0.215. The predicted octanol–water partition coefficient (Wildman–Crippen LogP) is 2.08. The van der Waals surface area contributed by atoms with Crippen LogP contribution in [-0.2, 0) is 0 Å². The van der Waals surface area contributed by atoms with Gasteiger partial charge in [0.15, 0.2) is 0 Å². The Labute approximate surface area is 125 Å². The van der Waals surface area contributed by atoms with Crippen LogP contribution < -0.4 is 10.1 Å². The van der Waals surface area contributed by atoms with Crippen molar-refractivity contribution in [1.29, 1.82) is 5.26 Å². The fourth-order valence-corrected chi connectivity index (χ4v) is 3.71. The van der Waals surface area contributed by atoms with Crippen molar-refractivity contribution >= 4 is 0 Å². The second kappa shape index (κ2) is 6.46. The third-order valence-corrected chi connectivity index (χ3v) is 4.79. The number of aliphatic hydroxyl groups excluding tert-OH is 1. The number of nitrogens with zero attached hydrogens (tertiary/aromatic N) is 1. The van der Waals surface area contributed by atoms with Crippen LogP contribution in [0.2, 0.25) is 0 Å². The average Bonchev–Trinajstić information content (AvgIpc) is 3.14. The molecule has 3 rings (SSSR count). The monoisotopic (exact) mass is 286 g/mol. The van der Waals surface area contributed by atoms with E-state index in [9.17, 15) is 5.11 Å². The van der Waals surface area contributed by atoms with Gasteiger partial charge >= 0.3 is 0 Å². The van der Waals surface area contributed by atoms with E-state index in [0.717, 1.165) is 11.8 Å². The minimum atomic E-state index is -0.545. The molecule has 2 bridgehead atoms. The highest BCUT2D eigenvalue weighted by molar-refractivity contribution is 5.42. The quantitative estimate of drug-likeness (QED) is 0.840. The van der Waals surface area contributed by atoms with Gasteiger partial charge in [0.05, 0.1) is 5.56 Å². The predicted molar refractivity (Wildman–Crippen MR) is 79.9 cm³/mol. The zero-order chi connectivity index (χ0) is 14.7. The van der Waals surface area contributed by atoms with Crippen LogP contribution in [0.1, 0.15) is 31.2 Å². The number of nitriles is 1. The van der Waals surface area contributed by atoms with Gasteiger partial charge in [-0.05, 0) is 43.2 Å². The number of nitrogens with one attached hydrogen (secondary N) is 1. The molecule has 2 N–H and O–H groups in total. The lowest BCUT2D eigenvalue weighted by Gasteiger charge is -2.24. The van der Waals surface area contributed by atoms with Crippen LogP contribution in [0, 0.1) is 23.2 Å². The molecule has 1 aromatic carbocycles. The number of hydrogen-bond donors (Lipinski definition) is 2. The summed E-state index contributed by atoms with van der Waals surface area (Å²) in [6.07, 6.45) is 4.80. The summed E-state index contributed by atoms with van der Waals surface area (Å²) in [7, 11) is 0. The van der Waals surface area contributed by atoms with Crippen molar-refractivity contribution < 1.29 is 9.84 Å². The molecule has 2 aliphatic carbocycles. The number of aliphatic hydroxyl groups is 1. The normalized spacial score (nSPS) is 28.3. The van der Waals surface area contributed by atoms with Crippen molar-refractivity contribution in [3.05, 3.63) is 29.8 Å². The van der Waals surface area contributed by atoms with Crippen molar-refractivity contribution in [2.75, 3.05) is 13.2 Å². The standard InChI is InChI=1S/C17H22N2O2/c18-9-14-3-1-2-4-17(14)21-11-15(20)10-19-16-8-12-5-6-13(16)7-12/h1-4,12-13,15-16,19-20H,5-8,10-11H2. The summed E-state index contributed by atoms with van der Waals surface area (Å²) in [4.78, 5) is 0. The van der Waals surface area contributed by atoms with Crippen molar-refractivity contribution in [3.8, 4) is 11.8 Å². The van der Waals surface area contributed by atoms with Crippen molar-refractivity contribution in [1.82, 2.24) is 5.32 Å². The molecular weight excluding hydrogens is 264 g/mol. The van der Waals surface area contributed by atoms with Gasteiger partial charge in [-0.3, -0.25) is 0 Å². The van der Waals surface area contributed by atoms with Gasteiger partial charge in [0.2, 0.25) is 0 Å². The van der Waals surface area contributed by atoms with Crippen LogP contribution in [-0.4, -0.2) is 30.4 Å². The molecule has 0 amide bonds. The Hall–Kier alpha value is -1.57. The zero-order valence-corrected chi connectivity index (χ0v) is 12.2. The van der Waals surface area contributed by atoms with Crippen molar-refractivity contribution in [2.24, 2.45) is 11.8 Å². The summed E-state index contributed by atoms with van der Waals surface area (Å²) in [5, 5.41) is 22.5. The molecule has 4 nitrogen and oxygen atoms in total. The van der Waals surface area contributed by atoms with Crippen LogP contribution in [0.25, 0.3) is 0 Å². The summed E-state index contributed by atoms with van der Waals surface area (Å²) >= 11 is 0. The van der Waals surface area contributed by atoms with Gasteiger partial charge in [0.1, 0.15) is 24.5 Å². The molecule has 2 aliphatic rings. The van der Waals surface area contributed by atoms with Gasteiger partial charge in [0.25, 0.3) is 0 Å². The molecule has 4 unspecified atom stereocenters. The lowest BCUT2D eigenvalue weighted by atomic mass is 9.95. The van der Waals surface area contributed by atoms with Crippen LogP contribution >= 0.6 is 0 Å². The molecular formula is C17H22N2O2. The maximum atomic E-state index is 10.0.